The van der Waals surface area contributed by atoms with E-state index >= 15 is 0 Å². The Morgan fingerprint density at radius 1 is 1.17 bits per heavy atom. The molecule has 2 fully saturated rings. The molecule has 0 spiro atoms. The molecular formula is C29H41F2KN5O5-. The maximum atomic E-state index is 13.4. The van der Waals surface area contributed by atoms with E-state index in [1.807, 2.05) is 38.8 Å². The van der Waals surface area contributed by atoms with Crippen molar-refractivity contribution < 1.29 is 84.4 Å². The summed E-state index contributed by atoms with van der Waals surface area (Å²) in [5, 5.41) is 12.5. The fourth-order valence-corrected chi connectivity index (χ4v) is 4.69. The minimum absolute atomic E-state index is 0. The van der Waals surface area contributed by atoms with Crippen molar-refractivity contribution >= 4 is 29.2 Å². The minimum atomic E-state index is -2.92. The summed E-state index contributed by atoms with van der Waals surface area (Å²) in [4.78, 5) is 44.4. The number of alkyl halides is 2. The standard InChI is InChI=1S/C29H41F2N5O5.K/c1-21(37)25(26(39)32-19-24(38)36-13-10-29(30,31)20-36)22-8-6-9-23(18-22)33(5)11-7-12-34-14-16-35(17-15-34)27(40)41-28(2,3)4;/h6,9,18,37H,1,7,10-17,19-20H2,2-5H3,(H,32,39);/q-2;+1/b25-21-;. The van der Waals surface area contributed by atoms with Crippen LogP contribution in [0.2, 0.25) is 0 Å². The quantitative estimate of drug-likeness (QED) is 0.174. The van der Waals surface area contributed by atoms with E-state index in [2.05, 4.69) is 23.2 Å². The van der Waals surface area contributed by atoms with Crippen molar-refractivity contribution in [1.82, 2.24) is 20.0 Å². The molecule has 13 heteroatoms. The molecule has 1 aromatic rings. The number of likely N-dealkylation sites (tertiary alicyclic amines) is 1. The van der Waals surface area contributed by atoms with Crippen LogP contribution in [0.5, 0.6) is 0 Å². The first kappa shape index (κ1) is 36.3. The molecule has 2 heterocycles. The molecular weight excluding hydrogens is 575 g/mol. The van der Waals surface area contributed by atoms with Gasteiger partial charge in [0.05, 0.1) is 13.1 Å². The first-order chi connectivity index (χ1) is 19.1. The van der Waals surface area contributed by atoms with Gasteiger partial charge in [-0.05, 0) is 45.0 Å². The van der Waals surface area contributed by atoms with Crippen LogP contribution in [0.15, 0.2) is 24.0 Å². The molecule has 0 atom stereocenters. The SMILES string of the molecule is [CH2-]/C(O)=C(/C(=O)NCC(=O)N1CCC(F)(F)C1)c1[c-]ccc(N(C)CCCN2CCN(C(=O)OC(C)(C)C)CC2)c1.[K+]. The number of amides is 3. The third kappa shape index (κ3) is 11.0. The Morgan fingerprint density at radius 3 is 2.40 bits per heavy atom. The Bertz CT molecular complexity index is 1130. The number of allylic oxidation sites excluding steroid dienone is 1. The second kappa shape index (κ2) is 15.7. The van der Waals surface area contributed by atoms with Crippen LogP contribution in [0.3, 0.4) is 0 Å². The Labute approximate surface area is 289 Å². The summed E-state index contributed by atoms with van der Waals surface area (Å²) in [5.74, 6) is -4.79. The molecule has 2 N–H and O–H groups in total. The third-order valence-corrected chi connectivity index (χ3v) is 6.93. The molecule has 0 radical (unpaired) electrons. The Morgan fingerprint density at radius 2 is 1.83 bits per heavy atom. The summed E-state index contributed by atoms with van der Waals surface area (Å²) in [6.07, 6.45) is 0.169. The number of anilines is 1. The number of hydrogen-bond donors (Lipinski definition) is 2. The first-order valence-electron chi connectivity index (χ1n) is 13.8. The molecule has 0 bridgehead atoms. The molecule has 228 valence electrons. The van der Waals surface area contributed by atoms with Gasteiger partial charge in [0.2, 0.25) is 11.8 Å². The van der Waals surface area contributed by atoms with Gasteiger partial charge in [0.1, 0.15) is 5.60 Å². The summed E-state index contributed by atoms with van der Waals surface area (Å²) < 4.78 is 32.3. The number of benzene rings is 1. The van der Waals surface area contributed by atoms with Crippen molar-refractivity contribution in [3.63, 3.8) is 0 Å². The molecule has 2 saturated heterocycles. The Hall–Kier alpha value is -1.90. The number of aliphatic hydroxyl groups excluding tert-OH is 1. The first-order valence-corrected chi connectivity index (χ1v) is 13.8. The van der Waals surface area contributed by atoms with E-state index in [0.717, 1.165) is 36.6 Å². The summed E-state index contributed by atoms with van der Waals surface area (Å²) in [6, 6.07) is 8.08. The number of nitrogens with one attached hydrogen (secondary N) is 1. The summed E-state index contributed by atoms with van der Waals surface area (Å²) in [5.41, 5.74) is 0.409. The van der Waals surface area contributed by atoms with Gasteiger partial charge in [-0.2, -0.15) is 6.92 Å². The number of carbonyl (C=O) groups excluding carboxylic acids is 3. The molecule has 0 unspecified atom stereocenters. The summed E-state index contributed by atoms with van der Waals surface area (Å²) in [7, 11) is 1.91. The zero-order valence-corrected chi connectivity index (χ0v) is 28.5. The van der Waals surface area contributed by atoms with Crippen LogP contribution in [0.25, 0.3) is 5.57 Å². The van der Waals surface area contributed by atoms with E-state index in [0.29, 0.717) is 19.6 Å². The van der Waals surface area contributed by atoms with E-state index in [9.17, 15) is 28.3 Å². The number of nitrogens with zero attached hydrogens (tertiary/aromatic N) is 4. The summed E-state index contributed by atoms with van der Waals surface area (Å²) >= 11 is 0. The Kier molecular flexibility index (Phi) is 13.6. The van der Waals surface area contributed by atoms with Gasteiger partial charge in [-0.1, -0.05) is 0 Å². The van der Waals surface area contributed by atoms with Gasteiger partial charge in [0.15, 0.2) is 0 Å². The molecule has 3 rings (SSSR count). The molecule has 3 amide bonds. The molecule has 42 heavy (non-hydrogen) atoms. The van der Waals surface area contributed by atoms with Gasteiger partial charge in [0, 0.05) is 58.5 Å². The third-order valence-electron chi connectivity index (χ3n) is 6.93. The second-order valence-corrected chi connectivity index (χ2v) is 11.5. The zero-order chi connectivity index (χ0) is 30.4. The maximum absolute atomic E-state index is 13.4. The van der Waals surface area contributed by atoms with Crippen molar-refractivity contribution in [2.45, 2.75) is 45.1 Å². The molecule has 1 aromatic carbocycles. The van der Waals surface area contributed by atoms with Crippen LogP contribution < -0.4 is 61.6 Å². The number of hydrogen-bond acceptors (Lipinski definition) is 7. The number of rotatable bonds is 9. The molecule has 10 nitrogen and oxygen atoms in total. The van der Waals surface area contributed by atoms with Gasteiger partial charge in [0.25, 0.3) is 5.92 Å². The van der Waals surface area contributed by atoms with E-state index in [1.165, 1.54) is 0 Å². The number of aliphatic hydroxyl groups is 1. The smallest absolute Gasteiger partial charge is 0.536 e. The molecule has 0 saturated carbocycles. The van der Waals surface area contributed by atoms with Crippen molar-refractivity contribution in [3.05, 3.63) is 42.5 Å². The van der Waals surface area contributed by atoms with Crippen molar-refractivity contribution in [3.8, 4) is 0 Å². The van der Waals surface area contributed by atoms with Crippen LogP contribution in [0.1, 0.15) is 39.2 Å². The molecule has 0 aliphatic carbocycles. The summed E-state index contributed by atoms with van der Waals surface area (Å²) in [6.45, 7) is 12.1. The van der Waals surface area contributed by atoms with Crippen LogP contribution in [-0.2, 0) is 14.3 Å². The van der Waals surface area contributed by atoms with E-state index in [4.69, 9.17) is 4.74 Å². The van der Waals surface area contributed by atoms with Gasteiger partial charge < -0.3 is 29.9 Å². The largest absolute Gasteiger partial charge is 1.00 e. The van der Waals surface area contributed by atoms with Gasteiger partial charge in [-0.25, -0.2) is 13.6 Å². The average molecular weight is 617 g/mol. The number of halogens is 2. The van der Waals surface area contributed by atoms with E-state index in [-0.39, 0.29) is 75.2 Å². The predicted molar refractivity (Wildman–Crippen MR) is 151 cm³/mol. The predicted octanol–water partition coefficient (Wildman–Crippen LogP) is -0.0432. The number of ether oxygens (including phenoxy) is 1. The van der Waals surface area contributed by atoms with Gasteiger partial charge in [-0.3, -0.25) is 14.5 Å². The minimum Gasteiger partial charge on any atom is -0.536 e. The van der Waals surface area contributed by atoms with Gasteiger partial charge >= 0.3 is 57.5 Å². The monoisotopic (exact) mass is 616 g/mol. The zero-order valence-electron chi connectivity index (χ0n) is 25.3. The van der Waals surface area contributed by atoms with Crippen LogP contribution >= 0.6 is 0 Å². The number of carbonyl (C=O) groups is 3. The molecule has 0 aromatic heterocycles. The normalized spacial score (nSPS) is 17.7. The maximum Gasteiger partial charge on any atom is 1.00 e. The Balaban J connectivity index is 0.00000616. The average Bonchev–Trinajstić information content (AvgIpc) is 3.26. The van der Waals surface area contributed by atoms with E-state index < -0.39 is 48.6 Å². The van der Waals surface area contributed by atoms with Crippen molar-refractivity contribution in [1.29, 1.82) is 0 Å². The molecule has 2 aliphatic heterocycles. The van der Waals surface area contributed by atoms with Crippen LogP contribution in [0, 0.1) is 13.0 Å². The van der Waals surface area contributed by atoms with Crippen molar-refractivity contribution in [2.75, 3.05) is 70.9 Å². The van der Waals surface area contributed by atoms with Gasteiger partial charge in [-0.15, -0.1) is 29.8 Å². The van der Waals surface area contributed by atoms with Crippen LogP contribution in [0.4, 0.5) is 19.3 Å². The second-order valence-electron chi connectivity index (χ2n) is 11.5. The molecule has 2 aliphatic rings. The number of piperazine rings is 1. The fraction of sp³-hybridized carbons (Fsp3) is 0.586. The topological polar surface area (TPSA) is 106 Å². The van der Waals surface area contributed by atoms with E-state index in [1.54, 1.807) is 17.0 Å². The fourth-order valence-electron chi connectivity index (χ4n) is 4.69. The van der Waals surface area contributed by atoms with Crippen molar-refractivity contribution in [2.24, 2.45) is 0 Å². The van der Waals surface area contributed by atoms with Crippen LogP contribution in [-0.4, -0.2) is 115 Å².